The van der Waals surface area contributed by atoms with Gasteiger partial charge in [0.1, 0.15) is 0 Å². The largest absolute Gasteiger partial charge is 0.354 e. The van der Waals surface area contributed by atoms with Crippen molar-refractivity contribution >= 4 is 23.2 Å². The van der Waals surface area contributed by atoms with Gasteiger partial charge in [0, 0.05) is 30.4 Å². The van der Waals surface area contributed by atoms with Gasteiger partial charge in [-0.25, -0.2) is 0 Å². The SMILES string of the molecule is CC(C)N1CC(C(=O)NCC(c2cccs2)N(C)C)CC1=O. The molecule has 1 aliphatic rings. The number of carbonyl (C=O) groups excluding carboxylic acids is 2. The standard InChI is InChI=1S/C16H25N3O2S/c1-11(2)19-10-12(8-15(19)20)16(21)17-9-13(18(3)4)14-6-5-7-22-14/h5-7,11-13H,8-10H2,1-4H3,(H,17,21). The molecule has 1 aromatic heterocycles. The molecule has 1 N–H and O–H groups in total. The molecule has 2 atom stereocenters. The molecule has 5 nitrogen and oxygen atoms in total. The van der Waals surface area contributed by atoms with E-state index >= 15 is 0 Å². The lowest BCUT2D eigenvalue weighted by atomic mass is 10.1. The second kappa shape index (κ2) is 7.24. The quantitative estimate of drug-likeness (QED) is 0.867. The van der Waals surface area contributed by atoms with Crippen LogP contribution in [-0.4, -0.2) is 54.8 Å². The Morgan fingerprint density at radius 3 is 2.73 bits per heavy atom. The average molecular weight is 323 g/mol. The van der Waals surface area contributed by atoms with Crippen LogP contribution in [0.3, 0.4) is 0 Å². The fraction of sp³-hybridized carbons (Fsp3) is 0.625. The van der Waals surface area contributed by atoms with E-state index in [1.165, 1.54) is 4.88 Å². The summed E-state index contributed by atoms with van der Waals surface area (Å²) < 4.78 is 0. The first kappa shape index (κ1) is 17.0. The van der Waals surface area contributed by atoms with Gasteiger partial charge in [-0.1, -0.05) is 6.07 Å². The predicted octanol–water partition coefficient (Wildman–Crippen LogP) is 1.72. The van der Waals surface area contributed by atoms with Crippen molar-refractivity contribution in [3.63, 3.8) is 0 Å². The van der Waals surface area contributed by atoms with Gasteiger partial charge in [-0.05, 0) is 39.4 Å². The highest BCUT2D eigenvalue weighted by Gasteiger charge is 2.35. The summed E-state index contributed by atoms with van der Waals surface area (Å²) >= 11 is 1.69. The number of likely N-dealkylation sites (tertiary alicyclic amines) is 1. The van der Waals surface area contributed by atoms with E-state index in [1.807, 2.05) is 39.4 Å². The van der Waals surface area contributed by atoms with Crippen LogP contribution < -0.4 is 5.32 Å². The number of nitrogens with one attached hydrogen (secondary N) is 1. The number of hydrogen-bond acceptors (Lipinski definition) is 4. The number of hydrogen-bond donors (Lipinski definition) is 1. The Morgan fingerprint density at radius 2 is 2.23 bits per heavy atom. The molecule has 0 spiro atoms. The van der Waals surface area contributed by atoms with Crippen molar-refractivity contribution in [2.75, 3.05) is 27.2 Å². The summed E-state index contributed by atoms with van der Waals surface area (Å²) in [5, 5.41) is 5.07. The molecule has 2 unspecified atom stereocenters. The summed E-state index contributed by atoms with van der Waals surface area (Å²) in [6.45, 7) is 5.07. The molecule has 6 heteroatoms. The predicted molar refractivity (Wildman–Crippen MR) is 88.7 cm³/mol. The molecule has 1 fully saturated rings. The van der Waals surface area contributed by atoms with Crippen molar-refractivity contribution in [1.29, 1.82) is 0 Å². The van der Waals surface area contributed by atoms with E-state index in [0.717, 1.165) is 0 Å². The van der Waals surface area contributed by atoms with Crippen LogP contribution in [0.25, 0.3) is 0 Å². The third-order valence-electron chi connectivity index (χ3n) is 4.12. The maximum absolute atomic E-state index is 12.4. The number of thiophene rings is 1. The van der Waals surface area contributed by atoms with Crippen LogP contribution in [0.2, 0.25) is 0 Å². The minimum atomic E-state index is -0.221. The van der Waals surface area contributed by atoms with E-state index in [-0.39, 0.29) is 29.8 Å². The van der Waals surface area contributed by atoms with Gasteiger partial charge in [-0.3, -0.25) is 9.59 Å². The lowest BCUT2D eigenvalue weighted by Gasteiger charge is -2.24. The van der Waals surface area contributed by atoms with Gasteiger partial charge in [-0.2, -0.15) is 0 Å². The zero-order valence-electron chi connectivity index (χ0n) is 13.7. The molecule has 0 radical (unpaired) electrons. The van der Waals surface area contributed by atoms with Crippen LogP contribution in [0, 0.1) is 5.92 Å². The van der Waals surface area contributed by atoms with Crippen LogP contribution in [0.5, 0.6) is 0 Å². The molecule has 0 aromatic carbocycles. The normalized spacial score (nSPS) is 20.0. The molecule has 1 aliphatic heterocycles. The van der Waals surface area contributed by atoms with E-state index in [9.17, 15) is 9.59 Å². The molecule has 0 saturated carbocycles. The van der Waals surface area contributed by atoms with Gasteiger partial charge in [-0.15, -0.1) is 11.3 Å². The summed E-state index contributed by atoms with van der Waals surface area (Å²) in [5.41, 5.74) is 0. The molecule has 1 saturated heterocycles. The zero-order valence-corrected chi connectivity index (χ0v) is 14.5. The number of rotatable bonds is 6. The third-order valence-corrected chi connectivity index (χ3v) is 5.09. The number of nitrogens with zero attached hydrogens (tertiary/aromatic N) is 2. The summed E-state index contributed by atoms with van der Waals surface area (Å²) in [6.07, 6.45) is 0.329. The molecule has 0 bridgehead atoms. The maximum Gasteiger partial charge on any atom is 0.225 e. The highest BCUT2D eigenvalue weighted by Crippen LogP contribution is 2.23. The highest BCUT2D eigenvalue weighted by atomic mass is 32.1. The van der Waals surface area contributed by atoms with Gasteiger partial charge in [0.2, 0.25) is 11.8 Å². The second-order valence-corrected chi connectivity index (χ2v) is 7.26. The first-order valence-electron chi connectivity index (χ1n) is 7.67. The average Bonchev–Trinajstić information content (AvgIpc) is 3.07. The van der Waals surface area contributed by atoms with E-state index < -0.39 is 0 Å². The van der Waals surface area contributed by atoms with E-state index in [0.29, 0.717) is 19.5 Å². The van der Waals surface area contributed by atoms with Crippen LogP contribution in [-0.2, 0) is 9.59 Å². The van der Waals surface area contributed by atoms with Crippen molar-refractivity contribution in [2.24, 2.45) is 5.92 Å². The summed E-state index contributed by atoms with van der Waals surface area (Å²) in [4.78, 5) is 29.4. The van der Waals surface area contributed by atoms with Gasteiger partial charge >= 0.3 is 0 Å². The minimum absolute atomic E-state index is 0.0140. The molecule has 1 aromatic rings. The number of carbonyl (C=O) groups is 2. The van der Waals surface area contributed by atoms with Gasteiger partial charge < -0.3 is 15.1 Å². The van der Waals surface area contributed by atoms with Crippen LogP contribution in [0.4, 0.5) is 0 Å². The lowest BCUT2D eigenvalue weighted by molar-refractivity contribution is -0.130. The minimum Gasteiger partial charge on any atom is -0.354 e. The Hall–Kier alpha value is -1.40. The molecule has 2 rings (SSSR count). The topological polar surface area (TPSA) is 52.7 Å². The van der Waals surface area contributed by atoms with E-state index in [4.69, 9.17) is 0 Å². The van der Waals surface area contributed by atoms with Gasteiger partial charge in [0.15, 0.2) is 0 Å². The fourth-order valence-corrected chi connectivity index (χ4v) is 3.69. The van der Waals surface area contributed by atoms with Crippen molar-refractivity contribution < 1.29 is 9.59 Å². The number of likely N-dealkylation sites (N-methyl/N-ethyl adjacent to an activating group) is 1. The molecule has 2 amide bonds. The van der Waals surface area contributed by atoms with Crippen molar-refractivity contribution in [1.82, 2.24) is 15.1 Å². The summed E-state index contributed by atoms with van der Waals surface area (Å²) in [7, 11) is 4.02. The third kappa shape index (κ3) is 3.87. The molecular weight excluding hydrogens is 298 g/mol. The van der Waals surface area contributed by atoms with Crippen LogP contribution >= 0.6 is 11.3 Å². The molecular formula is C16H25N3O2S. The first-order valence-corrected chi connectivity index (χ1v) is 8.55. The van der Waals surface area contributed by atoms with Crippen molar-refractivity contribution in [3.05, 3.63) is 22.4 Å². The highest BCUT2D eigenvalue weighted by molar-refractivity contribution is 7.10. The Balaban J connectivity index is 1.91. The monoisotopic (exact) mass is 323 g/mol. The summed E-state index contributed by atoms with van der Waals surface area (Å²) in [5.74, 6) is -0.154. The first-order chi connectivity index (χ1) is 10.4. The molecule has 22 heavy (non-hydrogen) atoms. The van der Waals surface area contributed by atoms with Gasteiger partial charge in [0.25, 0.3) is 0 Å². The Bertz CT molecular complexity index is 513. The van der Waals surface area contributed by atoms with E-state index in [1.54, 1.807) is 16.2 Å². The van der Waals surface area contributed by atoms with Crippen LogP contribution in [0.15, 0.2) is 17.5 Å². The van der Waals surface area contributed by atoms with Crippen molar-refractivity contribution in [3.8, 4) is 0 Å². The zero-order chi connectivity index (χ0) is 16.3. The maximum atomic E-state index is 12.4. The second-order valence-electron chi connectivity index (χ2n) is 6.28. The Morgan fingerprint density at radius 1 is 1.50 bits per heavy atom. The molecule has 0 aliphatic carbocycles. The van der Waals surface area contributed by atoms with Crippen LogP contribution in [0.1, 0.15) is 31.2 Å². The Kier molecular flexibility index (Phi) is 5.58. The Labute approximate surface area is 136 Å². The van der Waals surface area contributed by atoms with Gasteiger partial charge in [0.05, 0.1) is 12.0 Å². The fourth-order valence-electron chi connectivity index (χ4n) is 2.77. The lowest BCUT2D eigenvalue weighted by Crippen LogP contribution is -2.39. The van der Waals surface area contributed by atoms with Crippen molar-refractivity contribution in [2.45, 2.75) is 32.4 Å². The smallest absolute Gasteiger partial charge is 0.225 e. The summed E-state index contributed by atoms with van der Waals surface area (Å²) in [6, 6.07) is 4.43. The molecule has 2 heterocycles. The van der Waals surface area contributed by atoms with E-state index in [2.05, 4.69) is 16.3 Å². The molecule has 122 valence electrons. The number of amides is 2.